The topological polar surface area (TPSA) is 61.7 Å². The lowest BCUT2D eigenvalue weighted by Gasteiger charge is -2.00. The maximum absolute atomic E-state index is 13.3. The van der Waals surface area contributed by atoms with E-state index in [1.165, 1.54) is 30.3 Å². The number of hydrogen-bond acceptors (Lipinski definition) is 3. The summed E-state index contributed by atoms with van der Waals surface area (Å²) >= 11 is 0. The zero-order valence-electron chi connectivity index (χ0n) is 10.2. The quantitative estimate of drug-likeness (QED) is 0.668. The third-order valence-electron chi connectivity index (χ3n) is 2.44. The summed E-state index contributed by atoms with van der Waals surface area (Å²) in [5.74, 6) is -2.07. The van der Waals surface area contributed by atoms with Gasteiger partial charge >= 0.3 is 0 Å². The van der Waals surface area contributed by atoms with Gasteiger partial charge in [-0.15, -0.1) is 0 Å². The molecule has 0 aromatic heterocycles. The highest BCUT2D eigenvalue weighted by Crippen LogP contribution is 2.10. The minimum absolute atomic E-state index is 0.0441. The first-order chi connectivity index (χ1) is 9.56. The molecular weight excluding hydrogens is 266 g/mol. The normalized spacial score (nSPS) is 10.7. The van der Waals surface area contributed by atoms with Gasteiger partial charge in [0.25, 0.3) is 5.91 Å². The van der Waals surface area contributed by atoms with Gasteiger partial charge in [0.2, 0.25) is 0 Å². The van der Waals surface area contributed by atoms with Gasteiger partial charge < -0.3 is 5.11 Å². The van der Waals surface area contributed by atoms with Gasteiger partial charge in [-0.3, -0.25) is 4.79 Å². The van der Waals surface area contributed by atoms with Crippen LogP contribution in [0, 0.1) is 11.6 Å². The number of carbonyl (C=O) groups excluding carboxylic acids is 1. The van der Waals surface area contributed by atoms with Crippen LogP contribution < -0.4 is 5.43 Å². The van der Waals surface area contributed by atoms with E-state index in [2.05, 4.69) is 10.5 Å². The number of phenolic OH excluding ortho intramolecular Hbond substituents is 1. The molecule has 6 heteroatoms. The number of aromatic hydroxyl groups is 1. The molecular formula is C14H10F2N2O2. The minimum Gasteiger partial charge on any atom is -0.508 e. The van der Waals surface area contributed by atoms with E-state index in [-0.39, 0.29) is 16.9 Å². The van der Waals surface area contributed by atoms with Crippen LogP contribution in [0.1, 0.15) is 15.9 Å². The predicted octanol–water partition coefficient (Wildman–Crippen LogP) is 2.43. The Morgan fingerprint density at radius 2 is 2.00 bits per heavy atom. The lowest BCUT2D eigenvalue weighted by Crippen LogP contribution is -2.17. The third kappa shape index (κ3) is 3.38. The molecule has 0 aliphatic heterocycles. The molecule has 0 spiro atoms. The number of nitrogens with zero attached hydrogens (tertiary/aromatic N) is 1. The van der Waals surface area contributed by atoms with Crippen molar-refractivity contribution < 1.29 is 18.7 Å². The molecule has 0 saturated heterocycles. The molecule has 0 fully saturated rings. The fourth-order valence-corrected chi connectivity index (χ4v) is 1.48. The van der Waals surface area contributed by atoms with Gasteiger partial charge in [-0.25, -0.2) is 14.2 Å². The molecule has 20 heavy (non-hydrogen) atoms. The molecule has 0 radical (unpaired) electrons. The van der Waals surface area contributed by atoms with Crippen LogP contribution >= 0.6 is 0 Å². The van der Waals surface area contributed by atoms with Gasteiger partial charge in [-0.2, -0.15) is 5.10 Å². The SMILES string of the molecule is O=C(N/N=C\c1ccc(F)cc1F)c1cccc(O)c1. The summed E-state index contributed by atoms with van der Waals surface area (Å²) in [6, 6.07) is 8.70. The maximum atomic E-state index is 13.3. The molecule has 0 aliphatic carbocycles. The minimum atomic E-state index is -0.777. The average molecular weight is 276 g/mol. The molecule has 1 amide bonds. The summed E-state index contributed by atoms with van der Waals surface area (Å²) in [6.07, 6.45) is 1.06. The molecule has 0 bridgehead atoms. The summed E-state index contributed by atoms with van der Waals surface area (Å²) in [5.41, 5.74) is 2.43. The molecule has 0 aliphatic rings. The lowest BCUT2D eigenvalue weighted by molar-refractivity contribution is 0.0954. The monoisotopic (exact) mass is 276 g/mol. The number of rotatable bonds is 3. The van der Waals surface area contributed by atoms with E-state index in [0.29, 0.717) is 0 Å². The zero-order valence-corrected chi connectivity index (χ0v) is 10.2. The molecule has 0 saturated carbocycles. The number of phenols is 1. The van der Waals surface area contributed by atoms with Crippen LogP contribution in [0.3, 0.4) is 0 Å². The zero-order chi connectivity index (χ0) is 14.5. The van der Waals surface area contributed by atoms with Gasteiger partial charge in [-0.1, -0.05) is 6.07 Å². The van der Waals surface area contributed by atoms with Crippen LogP contribution in [0.4, 0.5) is 8.78 Å². The van der Waals surface area contributed by atoms with Gasteiger partial charge in [0.15, 0.2) is 0 Å². The molecule has 0 atom stereocenters. The second-order valence-electron chi connectivity index (χ2n) is 3.92. The van der Waals surface area contributed by atoms with Crippen LogP contribution in [-0.4, -0.2) is 17.2 Å². The molecule has 102 valence electrons. The van der Waals surface area contributed by atoms with Crippen molar-refractivity contribution in [3.63, 3.8) is 0 Å². The second-order valence-corrected chi connectivity index (χ2v) is 3.92. The number of hydrazone groups is 1. The van der Waals surface area contributed by atoms with Crippen LogP contribution in [0.25, 0.3) is 0 Å². The Hall–Kier alpha value is -2.76. The number of amides is 1. The number of halogens is 2. The highest BCUT2D eigenvalue weighted by atomic mass is 19.1. The molecule has 2 rings (SSSR count). The maximum Gasteiger partial charge on any atom is 0.271 e. The number of benzene rings is 2. The Morgan fingerprint density at radius 3 is 2.70 bits per heavy atom. The van der Waals surface area contributed by atoms with Crippen LogP contribution in [0.2, 0.25) is 0 Å². The number of nitrogens with one attached hydrogen (secondary N) is 1. The van der Waals surface area contributed by atoms with Crippen molar-refractivity contribution in [2.75, 3.05) is 0 Å². The van der Waals surface area contributed by atoms with Gasteiger partial charge in [-0.05, 0) is 30.3 Å². The smallest absolute Gasteiger partial charge is 0.271 e. The summed E-state index contributed by atoms with van der Waals surface area (Å²) < 4.78 is 26.0. The highest BCUT2D eigenvalue weighted by Gasteiger charge is 2.05. The predicted molar refractivity (Wildman–Crippen MR) is 69.5 cm³/mol. The highest BCUT2D eigenvalue weighted by molar-refractivity contribution is 5.95. The van der Waals surface area contributed by atoms with E-state index in [0.717, 1.165) is 18.3 Å². The van der Waals surface area contributed by atoms with E-state index in [9.17, 15) is 18.7 Å². The van der Waals surface area contributed by atoms with Gasteiger partial charge in [0.05, 0.1) is 6.21 Å². The first-order valence-corrected chi connectivity index (χ1v) is 5.64. The Balaban J connectivity index is 2.04. The first-order valence-electron chi connectivity index (χ1n) is 5.64. The van der Waals surface area contributed by atoms with Gasteiger partial charge in [0.1, 0.15) is 17.4 Å². The Bertz CT molecular complexity index is 672. The van der Waals surface area contributed by atoms with Crippen molar-refractivity contribution in [1.29, 1.82) is 0 Å². The van der Waals surface area contributed by atoms with E-state index in [4.69, 9.17) is 0 Å². The van der Waals surface area contributed by atoms with Crippen LogP contribution in [0.15, 0.2) is 47.6 Å². The van der Waals surface area contributed by atoms with Crippen LogP contribution in [0.5, 0.6) is 5.75 Å². The van der Waals surface area contributed by atoms with Crippen molar-refractivity contribution in [3.8, 4) is 5.75 Å². The van der Waals surface area contributed by atoms with Crippen molar-refractivity contribution in [1.82, 2.24) is 5.43 Å². The van der Waals surface area contributed by atoms with Crippen LogP contribution in [-0.2, 0) is 0 Å². The molecule has 2 aromatic rings. The van der Waals surface area contributed by atoms with Crippen molar-refractivity contribution in [2.24, 2.45) is 5.10 Å². The molecule has 4 nitrogen and oxygen atoms in total. The Kier molecular flexibility index (Phi) is 4.05. The Morgan fingerprint density at radius 1 is 1.20 bits per heavy atom. The number of carbonyl (C=O) groups is 1. The first kappa shape index (κ1) is 13.7. The molecule has 0 heterocycles. The van der Waals surface area contributed by atoms with E-state index >= 15 is 0 Å². The second kappa shape index (κ2) is 5.92. The van der Waals surface area contributed by atoms with E-state index in [1.54, 1.807) is 0 Å². The largest absolute Gasteiger partial charge is 0.508 e. The van der Waals surface area contributed by atoms with Crippen molar-refractivity contribution in [2.45, 2.75) is 0 Å². The summed E-state index contributed by atoms with van der Waals surface area (Å²) in [7, 11) is 0. The molecule has 0 unspecified atom stereocenters. The third-order valence-corrected chi connectivity index (χ3v) is 2.44. The summed E-state index contributed by atoms with van der Waals surface area (Å²) in [4.78, 5) is 11.6. The molecule has 2 aromatic carbocycles. The van der Waals surface area contributed by atoms with Crippen molar-refractivity contribution in [3.05, 3.63) is 65.2 Å². The van der Waals surface area contributed by atoms with E-state index < -0.39 is 17.5 Å². The fraction of sp³-hybridized carbons (Fsp3) is 0. The Labute approximate surface area is 113 Å². The lowest BCUT2D eigenvalue weighted by atomic mass is 10.2. The summed E-state index contributed by atoms with van der Waals surface area (Å²) in [5, 5.41) is 12.8. The van der Waals surface area contributed by atoms with Gasteiger partial charge in [0, 0.05) is 17.2 Å². The fourth-order valence-electron chi connectivity index (χ4n) is 1.48. The average Bonchev–Trinajstić information content (AvgIpc) is 2.41. The molecule has 2 N–H and O–H groups in total. The summed E-state index contributed by atoms with van der Waals surface area (Å²) in [6.45, 7) is 0. The van der Waals surface area contributed by atoms with E-state index in [1.807, 2.05) is 0 Å². The van der Waals surface area contributed by atoms with Crippen molar-refractivity contribution >= 4 is 12.1 Å². The number of hydrogen-bond donors (Lipinski definition) is 2. The standard InChI is InChI=1S/C14H10F2N2O2/c15-11-5-4-10(13(16)7-11)8-17-18-14(20)9-2-1-3-12(19)6-9/h1-8,19H,(H,18,20)/b17-8-.